The van der Waals surface area contributed by atoms with Gasteiger partial charge in [0.25, 0.3) is 5.91 Å². The number of rotatable bonds is 5. The molecule has 3 aromatic rings. The number of nitrogens with zero attached hydrogens (tertiary/aromatic N) is 3. The molecule has 150 valence electrons. The molecule has 5 rings (SSSR count). The molecular formula is C20H21N5O4. The standard InChI is InChI=1S/C20H21N5O4/c26-20(22-15-9-21-25(11-15)10-13-3-5-27-6-4-13)17-8-16(23-24-17)14-1-2-18-19(7-14)29-12-28-18/h1-2,7-9,11,13H,3-6,10,12H2,(H,22,26)(H,23,24). The van der Waals surface area contributed by atoms with Crippen molar-refractivity contribution in [2.24, 2.45) is 5.92 Å². The summed E-state index contributed by atoms with van der Waals surface area (Å²) >= 11 is 0. The van der Waals surface area contributed by atoms with Crippen LogP contribution < -0.4 is 14.8 Å². The van der Waals surface area contributed by atoms with Crippen LogP contribution >= 0.6 is 0 Å². The first-order valence-corrected chi connectivity index (χ1v) is 9.61. The minimum atomic E-state index is -0.268. The van der Waals surface area contributed by atoms with Crippen LogP contribution in [0.2, 0.25) is 0 Å². The highest BCUT2D eigenvalue weighted by Crippen LogP contribution is 2.35. The third kappa shape index (κ3) is 3.81. The Labute approximate surface area is 167 Å². The minimum Gasteiger partial charge on any atom is -0.454 e. The zero-order chi connectivity index (χ0) is 19.6. The maximum atomic E-state index is 12.6. The van der Waals surface area contributed by atoms with Crippen molar-refractivity contribution in [3.63, 3.8) is 0 Å². The molecule has 0 atom stereocenters. The number of carbonyl (C=O) groups is 1. The van der Waals surface area contributed by atoms with E-state index in [1.165, 1.54) is 0 Å². The molecule has 0 unspecified atom stereocenters. The van der Waals surface area contributed by atoms with Gasteiger partial charge in [-0.25, -0.2) is 0 Å². The number of ether oxygens (including phenoxy) is 3. The van der Waals surface area contributed by atoms with Crippen LogP contribution in [0.5, 0.6) is 11.5 Å². The van der Waals surface area contributed by atoms with Gasteiger partial charge in [-0.05, 0) is 43.0 Å². The van der Waals surface area contributed by atoms with E-state index in [1.54, 1.807) is 12.3 Å². The summed E-state index contributed by atoms with van der Waals surface area (Å²) in [7, 11) is 0. The lowest BCUT2D eigenvalue weighted by Crippen LogP contribution is -2.20. The zero-order valence-corrected chi connectivity index (χ0v) is 15.8. The molecule has 2 aliphatic heterocycles. The summed E-state index contributed by atoms with van der Waals surface area (Å²) in [5.41, 5.74) is 2.52. The molecule has 1 aromatic carbocycles. The van der Waals surface area contributed by atoms with Crippen molar-refractivity contribution in [1.82, 2.24) is 20.0 Å². The average molecular weight is 395 g/mol. The maximum Gasteiger partial charge on any atom is 0.273 e. The highest BCUT2D eigenvalue weighted by atomic mass is 16.7. The molecule has 0 bridgehead atoms. The highest BCUT2D eigenvalue weighted by Gasteiger charge is 2.18. The van der Waals surface area contributed by atoms with Gasteiger partial charge in [-0.2, -0.15) is 10.2 Å². The van der Waals surface area contributed by atoms with Gasteiger partial charge >= 0.3 is 0 Å². The lowest BCUT2D eigenvalue weighted by molar-refractivity contribution is 0.0601. The van der Waals surface area contributed by atoms with Crippen LogP contribution in [-0.4, -0.2) is 45.9 Å². The first kappa shape index (κ1) is 17.7. The average Bonchev–Trinajstić information content (AvgIpc) is 3.49. The van der Waals surface area contributed by atoms with Gasteiger partial charge in [-0.15, -0.1) is 0 Å². The van der Waals surface area contributed by atoms with Crippen molar-refractivity contribution >= 4 is 11.6 Å². The van der Waals surface area contributed by atoms with E-state index >= 15 is 0 Å². The summed E-state index contributed by atoms with van der Waals surface area (Å²) in [6.45, 7) is 2.66. The van der Waals surface area contributed by atoms with E-state index < -0.39 is 0 Å². The molecule has 0 radical (unpaired) electrons. The second-order valence-corrected chi connectivity index (χ2v) is 7.20. The molecule has 0 aliphatic carbocycles. The molecule has 1 amide bonds. The Balaban J connectivity index is 1.24. The van der Waals surface area contributed by atoms with E-state index in [1.807, 2.05) is 29.1 Å². The smallest absolute Gasteiger partial charge is 0.273 e. The summed E-state index contributed by atoms with van der Waals surface area (Å²) in [5, 5.41) is 14.2. The van der Waals surface area contributed by atoms with Crippen LogP contribution in [0, 0.1) is 5.92 Å². The molecule has 2 N–H and O–H groups in total. The number of hydrogen-bond acceptors (Lipinski definition) is 6. The van der Waals surface area contributed by atoms with E-state index in [2.05, 4.69) is 20.6 Å². The molecule has 29 heavy (non-hydrogen) atoms. The lowest BCUT2D eigenvalue weighted by atomic mass is 10.0. The molecule has 2 aromatic heterocycles. The first-order valence-electron chi connectivity index (χ1n) is 9.61. The summed E-state index contributed by atoms with van der Waals surface area (Å²) in [6, 6.07) is 7.27. The van der Waals surface area contributed by atoms with Crippen LogP contribution in [-0.2, 0) is 11.3 Å². The van der Waals surface area contributed by atoms with Gasteiger partial charge < -0.3 is 19.5 Å². The third-order valence-electron chi connectivity index (χ3n) is 5.17. The third-order valence-corrected chi connectivity index (χ3v) is 5.17. The van der Waals surface area contributed by atoms with Crippen LogP contribution in [0.4, 0.5) is 5.69 Å². The van der Waals surface area contributed by atoms with Gasteiger partial charge in [0.2, 0.25) is 6.79 Å². The van der Waals surface area contributed by atoms with Crippen molar-refractivity contribution in [3.8, 4) is 22.8 Å². The Morgan fingerprint density at radius 3 is 2.97 bits per heavy atom. The monoisotopic (exact) mass is 395 g/mol. The van der Waals surface area contributed by atoms with Crippen molar-refractivity contribution in [2.45, 2.75) is 19.4 Å². The Kier molecular flexibility index (Phi) is 4.65. The van der Waals surface area contributed by atoms with Gasteiger partial charge in [0.15, 0.2) is 11.5 Å². The van der Waals surface area contributed by atoms with Gasteiger partial charge in [0.05, 0.1) is 17.6 Å². The number of aromatic nitrogens is 4. The largest absolute Gasteiger partial charge is 0.454 e. The van der Waals surface area contributed by atoms with Crippen molar-refractivity contribution < 1.29 is 19.0 Å². The van der Waals surface area contributed by atoms with Crippen LogP contribution in [0.3, 0.4) is 0 Å². The normalized spacial score (nSPS) is 16.1. The molecule has 4 heterocycles. The van der Waals surface area contributed by atoms with E-state index in [0.717, 1.165) is 38.2 Å². The summed E-state index contributed by atoms with van der Waals surface area (Å²) < 4.78 is 18.0. The molecule has 0 spiro atoms. The second kappa shape index (κ2) is 7.59. The van der Waals surface area contributed by atoms with Gasteiger partial charge in [-0.3, -0.25) is 14.6 Å². The number of H-pyrrole nitrogens is 1. The fraction of sp³-hybridized carbons (Fsp3) is 0.350. The second-order valence-electron chi connectivity index (χ2n) is 7.20. The van der Waals surface area contributed by atoms with Crippen LogP contribution in [0.1, 0.15) is 23.3 Å². The number of hydrogen-bond donors (Lipinski definition) is 2. The molecule has 1 fully saturated rings. The molecule has 9 heteroatoms. The van der Waals surface area contributed by atoms with E-state index in [-0.39, 0.29) is 12.7 Å². The van der Waals surface area contributed by atoms with Crippen molar-refractivity contribution in [2.75, 3.05) is 25.3 Å². The SMILES string of the molecule is O=C(Nc1cnn(CC2CCOCC2)c1)c1cc(-c2ccc3c(c2)OCO3)n[nH]1. The van der Waals surface area contributed by atoms with E-state index in [4.69, 9.17) is 14.2 Å². The van der Waals surface area contributed by atoms with Crippen LogP contribution in [0.15, 0.2) is 36.7 Å². The summed E-state index contributed by atoms with van der Waals surface area (Å²) in [5.74, 6) is 1.67. The molecule has 1 saturated heterocycles. The van der Waals surface area contributed by atoms with Crippen molar-refractivity contribution in [3.05, 3.63) is 42.4 Å². The zero-order valence-electron chi connectivity index (χ0n) is 15.8. The number of aromatic amines is 1. The Morgan fingerprint density at radius 1 is 1.21 bits per heavy atom. The number of fused-ring (bicyclic) bond motifs is 1. The van der Waals surface area contributed by atoms with Gasteiger partial charge in [-0.1, -0.05) is 0 Å². The lowest BCUT2D eigenvalue weighted by Gasteiger charge is -2.21. The first-order chi connectivity index (χ1) is 14.2. The summed E-state index contributed by atoms with van der Waals surface area (Å²) in [4.78, 5) is 12.6. The number of benzene rings is 1. The van der Waals surface area contributed by atoms with Gasteiger partial charge in [0, 0.05) is 31.5 Å². The predicted molar refractivity (Wildman–Crippen MR) is 104 cm³/mol. The Hall–Kier alpha value is -3.33. The quantitative estimate of drug-likeness (QED) is 0.688. The summed E-state index contributed by atoms with van der Waals surface area (Å²) in [6.07, 6.45) is 5.59. The number of nitrogens with one attached hydrogen (secondary N) is 2. The number of anilines is 1. The highest BCUT2D eigenvalue weighted by molar-refractivity contribution is 6.03. The predicted octanol–water partition coefficient (Wildman–Crippen LogP) is 2.68. The van der Waals surface area contributed by atoms with Crippen LogP contribution in [0.25, 0.3) is 11.3 Å². The van der Waals surface area contributed by atoms with E-state index in [9.17, 15) is 4.79 Å². The molecule has 9 nitrogen and oxygen atoms in total. The van der Waals surface area contributed by atoms with E-state index in [0.29, 0.717) is 34.5 Å². The number of carbonyl (C=O) groups excluding carboxylic acids is 1. The Bertz CT molecular complexity index is 1020. The van der Waals surface area contributed by atoms with Gasteiger partial charge in [0.1, 0.15) is 5.69 Å². The fourth-order valence-corrected chi connectivity index (χ4v) is 3.56. The molecule has 2 aliphatic rings. The number of amides is 1. The topological polar surface area (TPSA) is 103 Å². The maximum absolute atomic E-state index is 12.6. The minimum absolute atomic E-state index is 0.217. The fourth-order valence-electron chi connectivity index (χ4n) is 3.56. The Morgan fingerprint density at radius 2 is 2.07 bits per heavy atom. The molecular weight excluding hydrogens is 374 g/mol. The van der Waals surface area contributed by atoms with Crippen molar-refractivity contribution in [1.29, 1.82) is 0 Å². The molecule has 0 saturated carbocycles.